The standard InChI is InChI=1S/C20H21IN2O6/c1-3-27-15-7-5-14(6-8-15)20(26)23-22-11-13-9-16(21)19(29-12-18(24)25)17(10-13)28-4-2/h5-11H,3-4,12H2,1-2H3,(H,23,26)(H,24,25)/b22-11+. The molecule has 0 spiro atoms. The smallest absolute Gasteiger partial charge is 0.341 e. The highest BCUT2D eigenvalue weighted by atomic mass is 127. The maximum absolute atomic E-state index is 12.2. The summed E-state index contributed by atoms with van der Waals surface area (Å²) in [5, 5.41) is 12.8. The van der Waals surface area contributed by atoms with Gasteiger partial charge in [-0.25, -0.2) is 10.2 Å². The van der Waals surface area contributed by atoms with Crippen molar-refractivity contribution in [3.63, 3.8) is 0 Å². The van der Waals surface area contributed by atoms with Crippen LogP contribution in [0.4, 0.5) is 0 Å². The summed E-state index contributed by atoms with van der Waals surface area (Å²) in [4.78, 5) is 22.9. The maximum atomic E-state index is 12.2. The molecule has 2 N–H and O–H groups in total. The first-order valence-electron chi connectivity index (χ1n) is 8.81. The molecule has 0 atom stereocenters. The Morgan fingerprint density at radius 3 is 2.41 bits per heavy atom. The van der Waals surface area contributed by atoms with E-state index in [0.717, 1.165) is 0 Å². The van der Waals surface area contributed by atoms with Crippen molar-refractivity contribution in [1.82, 2.24) is 5.43 Å². The van der Waals surface area contributed by atoms with Crippen LogP contribution in [-0.2, 0) is 4.79 Å². The zero-order valence-electron chi connectivity index (χ0n) is 16.0. The average Bonchev–Trinajstić information content (AvgIpc) is 2.68. The van der Waals surface area contributed by atoms with E-state index in [0.29, 0.717) is 45.2 Å². The number of hydrazone groups is 1. The molecule has 2 aromatic carbocycles. The van der Waals surface area contributed by atoms with Gasteiger partial charge in [-0.05, 0) is 78.4 Å². The molecule has 29 heavy (non-hydrogen) atoms. The first-order valence-corrected chi connectivity index (χ1v) is 9.89. The van der Waals surface area contributed by atoms with E-state index in [1.807, 2.05) is 36.4 Å². The van der Waals surface area contributed by atoms with Crippen LogP contribution in [-0.4, -0.2) is 43.0 Å². The number of amides is 1. The van der Waals surface area contributed by atoms with Crippen LogP contribution in [0.2, 0.25) is 0 Å². The lowest BCUT2D eigenvalue weighted by Crippen LogP contribution is -2.17. The molecule has 0 aliphatic rings. The van der Waals surface area contributed by atoms with Gasteiger partial charge in [0.25, 0.3) is 5.91 Å². The van der Waals surface area contributed by atoms with Crippen LogP contribution in [0.1, 0.15) is 29.8 Å². The Balaban J connectivity index is 2.08. The fourth-order valence-corrected chi connectivity index (χ4v) is 3.08. The zero-order chi connectivity index (χ0) is 21.2. The summed E-state index contributed by atoms with van der Waals surface area (Å²) in [6.45, 7) is 4.17. The van der Waals surface area contributed by atoms with Gasteiger partial charge < -0.3 is 19.3 Å². The minimum absolute atomic E-state index is 0.352. The normalized spacial score (nSPS) is 10.6. The predicted molar refractivity (Wildman–Crippen MR) is 116 cm³/mol. The second-order valence-electron chi connectivity index (χ2n) is 5.60. The number of ether oxygens (including phenoxy) is 3. The molecule has 2 aromatic rings. The van der Waals surface area contributed by atoms with Crippen molar-refractivity contribution in [2.75, 3.05) is 19.8 Å². The Bertz CT molecular complexity index is 883. The first kappa shape index (κ1) is 22.5. The molecule has 2 rings (SSSR count). The third kappa shape index (κ3) is 6.93. The minimum Gasteiger partial charge on any atom is -0.494 e. The van der Waals surface area contributed by atoms with Crippen LogP contribution >= 0.6 is 22.6 Å². The van der Waals surface area contributed by atoms with Gasteiger partial charge in [-0.2, -0.15) is 5.10 Å². The molecule has 0 bridgehead atoms. The SMILES string of the molecule is CCOc1ccc(C(=O)N/N=C/c2cc(I)c(OCC(=O)O)c(OCC)c2)cc1. The van der Waals surface area contributed by atoms with Gasteiger partial charge in [-0.3, -0.25) is 4.79 Å². The Morgan fingerprint density at radius 1 is 1.10 bits per heavy atom. The maximum Gasteiger partial charge on any atom is 0.341 e. The molecule has 0 saturated carbocycles. The monoisotopic (exact) mass is 512 g/mol. The number of carboxylic acid groups (broad SMARTS) is 1. The topological polar surface area (TPSA) is 106 Å². The number of carboxylic acids is 1. The highest BCUT2D eigenvalue weighted by molar-refractivity contribution is 14.1. The van der Waals surface area contributed by atoms with E-state index in [1.165, 1.54) is 6.21 Å². The Labute approximate surface area is 182 Å². The summed E-state index contributed by atoms with van der Waals surface area (Å²) < 4.78 is 16.8. The zero-order valence-corrected chi connectivity index (χ0v) is 18.1. The summed E-state index contributed by atoms with van der Waals surface area (Å²) in [5.74, 6) is 0.0116. The highest BCUT2D eigenvalue weighted by Gasteiger charge is 2.13. The van der Waals surface area contributed by atoms with Crippen molar-refractivity contribution in [1.29, 1.82) is 0 Å². The van der Waals surface area contributed by atoms with Crippen LogP contribution in [0.5, 0.6) is 17.2 Å². The van der Waals surface area contributed by atoms with E-state index in [1.54, 1.807) is 36.4 Å². The first-order chi connectivity index (χ1) is 13.9. The molecule has 0 heterocycles. The van der Waals surface area contributed by atoms with E-state index in [4.69, 9.17) is 19.3 Å². The van der Waals surface area contributed by atoms with Crippen molar-refractivity contribution >= 4 is 40.7 Å². The Hall–Kier alpha value is -2.82. The van der Waals surface area contributed by atoms with Crippen LogP contribution in [0.3, 0.4) is 0 Å². The molecule has 0 aliphatic carbocycles. The van der Waals surface area contributed by atoms with Crippen LogP contribution < -0.4 is 19.6 Å². The van der Waals surface area contributed by atoms with Crippen molar-refractivity contribution in [2.24, 2.45) is 5.10 Å². The molecule has 0 radical (unpaired) electrons. The number of halogens is 1. The number of hydrogen-bond acceptors (Lipinski definition) is 6. The lowest BCUT2D eigenvalue weighted by molar-refractivity contribution is -0.139. The van der Waals surface area contributed by atoms with Gasteiger partial charge in [0.05, 0.1) is 23.0 Å². The fraction of sp³-hybridized carbons (Fsp3) is 0.250. The lowest BCUT2D eigenvalue weighted by Gasteiger charge is -2.13. The predicted octanol–water partition coefficient (Wildman–Crippen LogP) is 3.32. The van der Waals surface area contributed by atoms with Crippen molar-refractivity contribution in [3.8, 4) is 17.2 Å². The van der Waals surface area contributed by atoms with Gasteiger partial charge in [0.1, 0.15) is 5.75 Å². The molecular weight excluding hydrogens is 491 g/mol. The number of carbonyl (C=O) groups excluding carboxylic acids is 1. The van der Waals surface area contributed by atoms with Crippen LogP contribution in [0.25, 0.3) is 0 Å². The molecule has 0 unspecified atom stereocenters. The fourth-order valence-electron chi connectivity index (χ4n) is 2.30. The minimum atomic E-state index is -1.08. The molecule has 0 fully saturated rings. The molecular formula is C20H21IN2O6. The summed E-state index contributed by atoms with van der Waals surface area (Å²) in [5.41, 5.74) is 3.57. The number of hydrogen-bond donors (Lipinski definition) is 2. The molecule has 0 aromatic heterocycles. The summed E-state index contributed by atoms with van der Waals surface area (Å²) in [7, 11) is 0. The molecule has 8 nitrogen and oxygen atoms in total. The quantitative estimate of drug-likeness (QED) is 0.288. The van der Waals surface area contributed by atoms with E-state index in [9.17, 15) is 9.59 Å². The number of carbonyl (C=O) groups is 2. The molecule has 1 amide bonds. The van der Waals surface area contributed by atoms with Gasteiger partial charge in [-0.15, -0.1) is 0 Å². The highest BCUT2D eigenvalue weighted by Crippen LogP contribution is 2.33. The number of nitrogens with zero attached hydrogens (tertiary/aromatic N) is 1. The Kier molecular flexibility index (Phi) is 8.71. The third-order valence-electron chi connectivity index (χ3n) is 3.48. The van der Waals surface area contributed by atoms with Crippen LogP contribution in [0, 0.1) is 3.57 Å². The molecule has 9 heteroatoms. The lowest BCUT2D eigenvalue weighted by atomic mass is 10.2. The van der Waals surface area contributed by atoms with Crippen molar-refractivity contribution in [2.45, 2.75) is 13.8 Å². The van der Waals surface area contributed by atoms with Gasteiger partial charge in [0, 0.05) is 5.56 Å². The van der Waals surface area contributed by atoms with E-state index < -0.39 is 12.6 Å². The van der Waals surface area contributed by atoms with Crippen molar-refractivity contribution in [3.05, 3.63) is 51.1 Å². The van der Waals surface area contributed by atoms with Crippen LogP contribution in [0.15, 0.2) is 41.5 Å². The van der Waals surface area contributed by atoms with Gasteiger partial charge >= 0.3 is 5.97 Å². The third-order valence-corrected chi connectivity index (χ3v) is 4.28. The van der Waals surface area contributed by atoms with Gasteiger partial charge in [0.2, 0.25) is 0 Å². The number of aliphatic carboxylic acids is 1. The molecule has 0 aliphatic heterocycles. The Morgan fingerprint density at radius 2 is 1.79 bits per heavy atom. The van der Waals surface area contributed by atoms with E-state index in [2.05, 4.69) is 10.5 Å². The second-order valence-corrected chi connectivity index (χ2v) is 6.76. The number of rotatable bonds is 10. The van der Waals surface area contributed by atoms with Gasteiger partial charge in [-0.1, -0.05) is 0 Å². The van der Waals surface area contributed by atoms with E-state index in [-0.39, 0.29) is 5.91 Å². The van der Waals surface area contributed by atoms with E-state index >= 15 is 0 Å². The van der Waals surface area contributed by atoms with Crippen molar-refractivity contribution < 1.29 is 28.9 Å². The molecule has 154 valence electrons. The largest absolute Gasteiger partial charge is 0.494 e. The van der Waals surface area contributed by atoms with Gasteiger partial charge in [0.15, 0.2) is 18.1 Å². The number of benzene rings is 2. The average molecular weight is 512 g/mol. The summed E-state index contributed by atoms with van der Waals surface area (Å²) >= 11 is 2.02. The number of nitrogens with one attached hydrogen (secondary N) is 1. The summed E-state index contributed by atoms with van der Waals surface area (Å²) in [6, 6.07) is 10.1. The summed E-state index contributed by atoms with van der Waals surface area (Å²) in [6.07, 6.45) is 1.47. The second kappa shape index (κ2) is 11.2. The molecule has 0 saturated heterocycles.